The molecule has 0 aromatic heterocycles. The van der Waals surface area contributed by atoms with Crippen molar-refractivity contribution in [3.05, 3.63) is 71.4 Å². The number of hydrogen-bond donors (Lipinski definition) is 3. The van der Waals surface area contributed by atoms with Crippen LogP contribution in [0.25, 0.3) is 5.70 Å². The van der Waals surface area contributed by atoms with Gasteiger partial charge in [0.05, 0.1) is 10.7 Å². The van der Waals surface area contributed by atoms with E-state index in [1.807, 2.05) is 12.1 Å². The zero-order chi connectivity index (χ0) is 21.1. The van der Waals surface area contributed by atoms with E-state index in [9.17, 15) is 8.78 Å². The van der Waals surface area contributed by atoms with Gasteiger partial charge in [-0.1, -0.05) is 45.5 Å². The molecule has 6 heteroatoms. The highest BCUT2D eigenvalue weighted by molar-refractivity contribution is 6.32. The lowest BCUT2D eigenvalue weighted by molar-refractivity contribution is 0.411. The first-order chi connectivity index (χ1) is 13.0. The summed E-state index contributed by atoms with van der Waals surface area (Å²) in [4.78, 5) is 0. The number of allylic oxidation sites excluding steroid dienone is 1. The van der Waals surface area contributed by atoms with Gasteiger partial charge in [0.1, 0.15) is 11.5 Å². The molecule has 2 aromatic rings. The van der Waals surface area contributed by atoms with Gasteiger partial charge in [0.25, 0.3) is 0 Å². The van der Waals surface area contributed by atoms with Crippen LogP contribution in [0.4, 0.5) is 25.8 Å². The summed E-state index contributed by atoms with van der Waals surface area (Å²) < 4.78 is 28.1. The first-order valence-electron chi connectivity index (χ1n) is 8.88. The smallest absolute Gasteiger partial charge is 0.172 e. The molecule has 0 aliphatic rings. The summed E-state index contributed by atoms with van der Waals surface area (Å²) in [5.74, 6) is -1.40. The first-order valence-corrected chi connectivity index (χ1v) is 9.26. The minimum Gasteiger partial charge on any atom is -0.383 e. The lowest BCUT2D eigenvalue weighted by Crippen LogP contribution is -2.10. The van der Waals surface area contributed by atoms with Gasteiger partial charge in [-0.2, -0.15) is 0 Å². The lowest BCUT2D eigenvalue weighted by Gasteiger charge is -2.21. The summed E-state index contributed by atoms with van der Waals surface area (Å²) in [6.45, 7) is 14.4. The average molecular weight is 406 g/mol. The SMILES string of the molecule is C=C(CC(C)(C)C)Nc1ccc(Cl)c(C(=C)Nc2ccc(F)c(NC)c2F)c1. The van der Waals surface area contributed by atoms with Crippen molar-refractivity contribution in [1.29, 1.82) is 0 Å². The van der Waals surface area contributed by atoms with Gasteiger partial charge < -0.3 is 16.0 Å². The van der Waals surface area contributed by atoms with Crippen LogP contribution in [0.15, 0.2) is 49.2 Å². The van der Waals surface area contributed by atoms with Crippen LogP contribution in [0.1, 0.15) is 32.8 Å². The topological polar surface area (TPSA) is 36.1 Å². The zero-order valence-electron chi connectivity index (χ0n) is 16.6. The second-order valence-electron chi connectivity index (χ2n) is 7.80. The Labute approximate surface area is 170 Å². The third kappa shape index (κ3) is 5.49. The molecule has 0 heterocycles. The number of hydrogen-bond acceptors (Lipinski definition) is 3. The number of halogens is 3. The summed E-state index contributed by atoms with van der Waals surface area (Å²) in [7, 11) is 1.45. The summed E-state index contributed by atoms with van der Waals surface area (Å²) >= 11 is 6.31. The molecule has 0 aliphatic heterocycles. The molecule has 2 aromatic carbocycles. The maximum atomic E-state index is 14.5. The highest BCUT2D eigenvalue weighted by Gasteiger charge is 2.15. The van der Waals surface area contributed by atoms with Gasteiger partial charge in [0.15, 0.2) is 5.82 Å². The standard InChI is InChI=1S/C22H26ClF2N3/c1-13(12-22(3,4)5)27-15-7-8-17(23)16(11-15)14(2)28-19-10-9-18(24)21(26-6)20(19)25/h7-11,26-28H,1-2,12H2,3-6H3. The molecule has 0 saturated carbocycles. The van der Waals surface area contributed by atoms with Crippen molar-refractivity contribution in [2.75, 3.05) is 23.0 Å². The van der Waals surface area contributed by atoms with Crippen molar-refractivity contribution in [3.63, 3.8) is 0 Å². The van der Waals surface area contributed by atoms with Crippen LogP contribution in [0, 0.1) is 17.0 Å². The third-order valence-electron chi connectivity index (χ3n) is 3.98. The fourth-order valence-electron chi connectivity index (χ4n) is 2.83. The molecule has 0 unspecified atom stereocenters. The molecule has 3 N–H and O–H groups in total. The first kappa shape index (κ1) is 21.8. The molecule has 28 heavy (non-hydrogen) atoms. The molecule has 0 aliphatic carbocycles. The Morgan fingerprint density at radius 2 is 1.75 bits per heavy atom. The molecule has 0 saturated heterocycles. The van der Waals surface area contributed by atoms with Gasteiger partial charge >= 0.3 is 0 Å². The minimum absolute atomic E-state index is 0.0994. The molecule has 0 fully saturated rings. The van der Waals surface area contributed by atoms with Gasteiger partial charge in [-0.15, -0.1) is 0 Å². The second-order valence-corrected chi connectivity index (χ2v) is 8.21. The second kappa shape index (κ2) is 8.65. The van der Waals surface area contributed by atoms with Crippen molar-refractivity contribution < 1.29 is 8.78 Å². The van der Waals surface area contributed by atoms with Gasteiger partial charge in [0, 0.05) is 29.7 Å². The van der Waals surface area contributed by atoms with Crippen LogP contribution in [0.2, 0.25) is 5.02 Å². The molecular weight excluding hydrogens is 380 g/mol. The molecule has 0 spiro atoms. The summed E-state index contributed by atoms with van der Waals surface area (Å²) in [5.41, 5.74) is 2.66. The normalized spacial score (nSPS) is 11.1. The molecule has 0 radical (unpaired) electrons. The van der Waals surface area contributed by atoms with E-state index in [4.69, 9.17) is 11.6 Å². The van der Waals surface area contributed by atoms with Gasteiger partial charge in [0.2, 0.25) is 0 Å². The predicted molar refractivity (Wildman–Crippen MR) is 117 cm³/mol. The summed E-state index contributed by atoms with van der Waals surface area (Å²) in [5, 5.41) is 9.11. The van der Waals surface area contributed by atoms with Crippen LogP contribution in [-0.2, 0) is 0 Å². The van der Waals surface area contributed by atoms with E-state index in [1.54, 1.807) is 6.07 Å². The molecule has 150 valence electrons. The van der Waals surface area contributed by atoms with Crippen molar-refractivity contribution in [3.8, 4) is 0 Å². The number of benzene rings is 2. The Bertz CT molecular complexity index is 901. The van der Waals surface area contributed by atoms with E-state index < -0.39 is 11.6 Å². The van der Waals surface area contributed by atoms with Crippen molar-refractivity contribution in [2.45, 2.75) is 27.2 Å². The van der Waals surface area contributed by atoms with Gasteiger partial charge in [-0.05, 0) is 42.2 Å². The maximum Gasteiger partial charge on any atom is 0.172 e. The molecule has 3 nitrogen and oxygen atoms in total. The Kier molecular flexibility index (Phi) is 6.73. The fourth-order valence-corrected chi connectivity index (χ4v) is 3.06. The van der Waals surface area contributed by atoms with Crippen molar-refractivity contribution >= 4 is 34.4 Å². The van der Waals surface area contributed by atoms with Crippen LogP contribution < -0.4 is 16.0 Å². The van der Waals surface area contributed by atoms with E-state index >= 15 is 0 Å². The van der Waals surface area contributed by atoms with Crippen molar-refractivity contribution in [2.24, 2.45) is 5.41 Å². The largest absolute Gasteiger partial charge is 0.383 e. The third-order valence-corrected chi connectivity index (χ3v) is 4.31. The lowest BCUT2D eigenvalue weighted by atomic mass is 9.91. The molecular formula is C22H26ClF2N3. The fraction of sp³-hybridized carbons (Fsp3) is 0.273. The van der Waals surface area contributed by atoms with E-state index in [0.717, 1.165) is 17.8 Å². The highest BCUT2D eigenvalue weighted by Crippen LogP contribution is 2.32. The van der Waals surface area contributed by atoms with E-state index in [0.29, 0.717) is 16.3 Å². The van der Waals surface area contributed by atoms with Gasteiger partial charge in [-0.25, -0.2) is 8.78 Å². The van der Waals surface area contributed by atoms with Crippen molar-refractivity contribution in [1.82, 2.24) is 0 Å². The highest BCUT2D eigenvalue weighted by atomic mass is 35.5. The minimum atomic E-state index is -0.729. The number of anilines is 3. The monoisotopic (exact) mass is 405 g/mol. The maximum absolute atomic E-state index is 14.5. The van der Waals surface area contributed by atoms with Crippen LogP contribution in [-0.4, -0.2) is 7.05 Å². The number of nitrogens with one attached hydrogen (secondary N) is 3. The summed E-state index contributed by atoms with van der Waals surface area (Å²) in [6.07, 6.45) is 0.803. The van der Waals surface area contributed by atoms with E-state index in [1.165, 1.54) is 19.2 Å². The molecule has 0 bridgehead atoms. The van der Waals surface area contributed by atoms with Crippen LogP contribution in [0.5, 0.6) is 0 Å². The van der Waals surface area contributed by atoms with Gasteiger partial charge in [-0.3, -0.25) is 0 Å². The Balaban J connectivity index is 2.23. The quantitative estimate of drug-likeness (QED) is 0.459. The van der Waals surface area contributed by atoms with E-state index in [2.05, 4.69) is 49.9 Å². The predicted octanol–water partition coefficient (Wildman–Crippen LogP) is 7.10. The average Bonchev–Trinajstić information content (AvgIpc) is 2.58. The Morgan fingerprint density at radius 3 is 2.36 bits per heavy atom. The Hall–Kier alpha value is -2.53. The molecule has 2 rings (SSSR count). The zero-order valence-corrected chi connectivity index (χ0v) is 17.4. The van der Waals surface area contributed by atoms with E-state index in [-0.39, 0.29) is 16.8 Å². The van der Waals surface area contributed by atoms with Crippen LogP contribution >= 0.6 is 11.6 Å². The number of rotatable bonds is 7. The Morgan fingerprint density at radius 1 is 1.07 bits per heavy atom. The van der Waals surface area contributed by atoms with Crippen LogP contribution in [0.3, 0.4) is 0 Å². The summed E-state index contributed by atoms with van der Waals surface area (Å²) in [6, 6.07) is 7.88. The molecule has 0 amide bonds. The molecule has 0 atom stereocenters.